The highest BCUT2D eigenvalue weighted by Crippen LogP contribution is 2.13. The van der Waals surface area contributed by atoms with Gasteiger partial charge in [0.05, 0.1) is 11.0 Å². The van der Waals surface area contributed by atoms with Crippen molar-refractivity contribution in [2.45, 2.75) is 38.1 Å². The van der Waals surface area contributed by atoms with E-state index in [0.29, 0.717) is 5.56 Å². The number of hydrogen-bond acceptors (Lipinski definition) is 7. The van der Waals surface area contributed by atoms with Crippen LogP contribution >= 0.6 is 0 Å². The molecule has 170 valence electrons. The number of carbonyl (C=O) groups is 3. The number of alkyl carbamates (subject to hydrolysis) is 1. The van der Waals surface area contributed by atoms with Crippen LogP contribution in [0.3, 0.4) is 0 Å². The highest BCUT2D eigenvalue weighted by atomic mass is 16.6. The van der Waals surface area contributed by atoms with Crippen LogP contribution < -0.4 is 10.6 Å². The number of nitrogens with one attached hydrogen (secondary N) is 2. The normalized spacial score (nSPS) is 13.3. The van der Waals surface area contributed by atoms with Crippen molar-refractivity contribution in [3.63, 3.8) is 0 Å². The molecule has 2 aromatic rings. The molecule has 0 aliphatic rings. The fourth-order valence-corrected chi connectivity index (χ4v) is 2.75. The third-order valence-corrected chi connectivity index (χ3v) is 4.45. The van der Waals surface area contributed by atoms with Crippen LogP contribution in [0, 0.1) is 10.1 Å². The zero-order valence-electron chi connectivity index (χ0n) is 17.1. The van der Waals surface area contributed by atoms with Gasteiger partial charge in [0.2, 0.25) is 5.91 Å². The average Bonchev–Trinajstić information content (AvgIpc) is 2.76. The van der Waals surface area contributed by atoms with Gasteiger partial charge in [0, 0.05) is 18.6 Å². The fraction of sp³-hybridized carbons (Fsp3) is 0.286. The molecule has 11 heteroatoms. The van der Waals surface area contributed by atoms with Gasteiger partial charge in [0.25, 0.3) is 5.69 Å². The van der Waals surface area contributed by atoms with Gasteiger partial charge in [-0.05, 0) is 18.1 Å². The number of amides is 2. The standard InChI is InChI=1S/C21H23N3O8/c1-13(25)18(23-21(29)32-12-15-5-3-2-4-6-15)19(26)22-17(20(27)28)11-14-7-9-16(10-8-14)24(30)31/h2-10,13,17-18,25H,11-12H2,1H3,(H,22,26)(H,23,29)(H,27,28)/t13-,17-,18+/m1/s1. The first-order chi connectivity index (χ1) is 15.2. The minimum absolute atomic E-state index is 0.0568. The maximum Gasteiger partial charge on any atom is 0.408 e. The first-order valence-corrected chi connectivity index (χ1v) is 9.59. The Kier molecular flexibility index (Phi) is 8.66. The molecule has 4 N–H and O–H groups in total. The monoisotopic (exact) mass is 445 g/mol. The zero-order valence-corrected chi connectivity index (χ0v) is 17.1. The lowest BCUT2D eigenvalue weighted by Crippen LogP contribution is -2.56. The minimum Gasteiger partial charge on any atom is -0.480 e. The summed E-state index contributed by atoms with van der Waals surface area (Å²) in [5, 5.41) is 34.6. The van der Waals surface area contributed by atoms with Crippen molar-refractivity contribution in [1.29, 1.82) is 0 Å². The summed E-state index contributed by atoms with van der Waals surface area (Å²) in [6.45, 7) is 1.20. The first-order valence-electron chi connectivity index (χ1n) is 9.59. The van der Waals surface area contributed by atoms with Crippen molar-refractivity contribution in [1.82, 2.24) is 10.6 Å². The Labute approximate surface area is 183 Å². The topological polar surface area (TPSA) is 168 Å². The lowest BCUT2D eigenvalue weighted by molar-refractivity contribution is -0.384. The summed E-state index contributed by atoms with van der Waals surface area (Å²) in [6, 6.07) is 11.1. The van der Waals surface area contributed by atoms with E-state index in [0.717, 1.165) is 5.56 Å². The Balaban J connectivity index is 1.99. The zero-order chi connectivity index (χ0) is 23.7. The van der Waals surface area contributed by atoms with Gasteiger partial charge < -0.3 is 25.6 Å². The lowest BCUT2D eigenvalue weighted by Gasteiger charge is -2.23. The Morgan fingerprint density at radius 2 is 1.66 bits per heavy atom. The number of nitrogens with zero attached hydrogens (tertiary/aromatic N) is 1. The molecule has 0 aliphatic carbocycles. The highest BCUT2D eigenvalue weighted by molar-refractivity contribution is 5.89. The largest absolute Gasteiger partial charge is 0.480 e. The molecule has 0 bridgehead atoms. The van der Waals surface area contributed by atoms with E-state index in [9.17, 15) is 34.7 Å². The summed E-state index contributed by atoms with van der Waals surface area (Å²) in [7, 11) is 0. The summed E-state index contributed by atoms with van der Waals surface area (Å²) < 4.78 is 5.02. The van der Waals surface area contributed by atoms with Gasteiger partial charge in [-0.15, -0.1) is 0 Å². The number of rotatable bonds is 10. The second kappa shape index (κ2) is 11.4. The number of carbonyl (C=O) groups excluding carboxylic acids is 2. The molecule has 0 spiro atoms. The van der Waals surface area contributed by atoms with Crippen LogP contribution in [0.4, 0.5) is 10.5 Å². The Morgan fingerprint density at radius 1 is 1.03 bits per heavy atom. The molecule has 2 amide bonds. The van der Waals surface area contributed by atoms with Crippen LogP contribution in [-0.4, -0.2) is 51.3 Å². The molecule has 0 fully saturated rings. The molecule has 2 rings (SSSR count). The van der Waals surface area contributed by atoms with Crippen LogP contribution in [-0.2, 0) is 27.4 Å². The average molecular weight is 445 g/mol. The van der Waals surface area contributed by atoms with E-state index in [1.54, 1.807) is 30.3 Å². The van der Waals surface area contributed by atoms with Crippen LogP contribution in [0.15, 0.2) is 54.6 Å². The molecule has 0 aromatic heterocycles. The van der Waals surface area contributed by atoms with Crippen LogP contribution in [0.25, 0.3) is 0 Å². The van der Waals surface area contributed by atoms with Gasteiger partial charge in [-0.1, -0.05) is 42.5 Å². The second-order valence-corrected chi connectivity index (χ2v) is 6.95. The summed E-state index contributed by atoms with van der Waals surface area (Å²) in [4.78, 5) is 46.3. The van der Waals surface area contributed by atoms with Crippen molar-refractivity contribution >= 4 is 23.7 Å². The summed E-state index contributed by atoms with van der Waals surface area (Å²) in [5.74, 6) is -2.28. The number of nitro benzene ring substituents is 1. The molecule has 11 nitrogen and oxygen atoms in total. The lowest BCUT2D eigenvalue weighted by atomic mass is 10.0. The van der Waals surface area contributed by atoms with Gasteiger partial charge in [0.1, 0.15) is 18.7 Å². The Morgan fingerprint density at radius 3 is 2.19 bits per heavy atom. The van der Waals surface area contributed by atoms with Crippen molar-refractivity contribution in [2.75, 3.05) is 0 Å². The number of benzene rings is 2. The maximum absolute atomic E-state index is 12.5. The summed E-state index contributed by atoms with van der Waals surface area (Å²) >= 11 is 0. The third-order valence-electron chi connectivity index (χ3n) is 4.45. The molecular formula is C21H23N3O8. The van der Waals surface area contributed by atoms with E-state index < -0.39 is 41.1 Å². The van der Waals surface area contributed by atoms with E-state index in [2.05, 4.69) is 10.6 Å². The van der Waals surface area contributed by atoms with Gasteiger partial charge in [-0.2, -0.15) is 0 Å². The first kappa shape index (κ1) is 24.3. The predicted octanol–water partition coefficient (Wildman–Crippen LogP) is 1.38. The quantitative estimate of drug-likeness (QED) is 0.314. The molecule has 2 aromatic carbocycles. The van der Waals surface area contributed by atoms with Gasteiger partial charge >= 0.3 is 12.1 Å². The number of aliphatic carboxylic acids is 1. The molecule has 32 heavy (non-hydrogen) atoms. The van der Waals surface area contributed by atoms with E-state index in [1.807, 2.05) is 0 Å². The minimum atomic E-state index is -1.46. The van der Waals surface area contributed by atoms with Crippen molar-refractivity contribution in [3.8, 4) is 0 Å². The summed E-state index contributed by atoms with van der Waals surface area (Å²) in [5.41, 5.74) is 0.999. The molecule has 0 saturated carbocycles. The molecule has 3 atom stereocenters. The van der Waals surface area contributed by atoms with E-state index in [1.165, 1.54) is 31.2 Å². The molecule has 0 saturated heterocycles. The Bertz CT molecular complexity index is 947. The number of ether oxygens (including phenoxy) is 1. The smallest absolute Gasteiger partial charge is 0.408 e. The number of hydrogen-bond donors (Lipinski definition) is 4. The number of nitro groups is 1. The highest BCUT2D eigenvalue weighted by Gasteiger charge is 2.30. The van der Waals surface area contributed by atoms with E-state index in [4.69, 9.17) is 4.74 Å². The van der Waals surface area contributed by atoms with E-state index >= 15 is 0 Å². The summed E-state index contributed by atoms with van der Waals surface area (Å²) in [6.07, 6.45) is -2.46. The number of non-ortho nitro benzene ring substituents is 1. The fourth-order valence-electron chi connectivity index (χ4n) is 2.75. The van der Waals surface area contributed by atoms with Gasteiger partial charge in [-0.3, -0.25) is 14.9 Å². The van der Waals surface area contributed by atoms with Crippen LogP contribution in [0.2, 0.25) is 0 Å². The van der Waals surface area contributed by atoms with Crippen LogP contribution in [0.5, 0.6) is 0 Å². The number of aliphatic hydroxyl groups is 1. The van der Waals surface area contributed by atoms with Crippen molar-refractivity contribution in [2.24, 2.45) is 0 Å². The number of carboxylic acid groups (broad SMARTS) is 1. The molecule has 0 radical (unpaired) electrons. The van der Waals surface area contributed by atoms with Gasteiger partial charge in [-0.25, -0.2) is 9.59 Å². The molecule has 0 heterocycles. The van der Waals surface area contributed by atoms with Crippen molar-refractivity contribution < 1.29 is 34.3 Å². The molecule has 0 unspecified atom stereocenters. The van der Waals surface area contributed by atoms with Crippen molar-refractivity contribution in [3.05, 3.63) is 75.8 Å². The third kappa shape index (κ3) is 7.36. The molecule has 0 aliphatic heterocycles. The van der Waals surface area contributed by atoms with E-state index in [-0.39, 0.29) is 18.7 Å². The SMILES string of the molecule is C[C@@H](O)[C@H](NC(=O)OCc1ccccc1)C(=O)N[C@H](Cc1ccc([N+](=O)[O-])cc1)C(=O)O. The second-order valence-electron chi connectivity index (χ2n) is 6.95. The predicted molar refractivity (Wildman–Crippen MR) is 112 cm³/mol. The van der Waals surface area contributed by atoms with Gasteiger partial charge in [0.15, 0.2) is 0 Å². The number of aliphatic hydroxyl groups excluding tert-OH is 1. The maximum atomic E-state index is 12.5. The van der Waals surface area contributed by atoms with Crippen LogP contribution in [0.1, 0.15) is 18.1 Å². The Hall–Kier alpha value is -3.99. The molecular weight excluding hydrogens is 422 g/mol. The number of carboxylic acids is 1.